The zero-order valence-corrected chi connectivity index (χ0v) is 18.2. The quantitative estimate of drug-likeness (QED) is 0.635. The Kier molecular flexibility index (Phi) is 5.30. The summed E-state index contributed by atoms with van der Waals surface area (Å²) in [5, 5.41) is 2.90. The number of carbonyl (C=O) groups excluding carboxylic acids is 3. The molecule has 0 aromatic heterocycles. The summed E-state index contributed by atoms with van der Waals surface area (Å²) in [6.07, 6.45) is -0.421. The molecule has 2 aliphatic heterocycles. The van der Waals surface area contributed by atoms with Crippen molar-refractivity contribution in [2.24, 2.45) is 0 Å². The van der Waals surface area contributed by atoms with Crippen LogP contribution in [0.15, 0.2) is 72.8 Å². The molecule has 0 saturated carbocycles. The lowest BCUT2D eigenvalue weighted by atomic mass is 10.0. The van der Waals surface area contributed by atoms with Crippen molar-refractivity contribution < 1.29 is 19.1 Å². The van der Waals surface area contributed by atoms with Crippen molar-refractivity contribution in [3.8, 4) is 5.75 Å². The number of para-hydroxylation sites is 1. The summed E-state index contributed by atoms with van der Waals surface area (Å²) in [5.74, 6) is 0.273. The van der Waals surface area contributed by atoms with E-state index in [0.29, 0.717) is 23.4 Å². The minimum absolute atomic E-state index is 0.130. The molecule has 0 bridgehead atoms. The van der Waals surface area contributed by atoms with E-state index >= 15 is 0 Å². The molecule has 2 heterocycles. The minimum Gasteiger partial charge on any atom is -0.497 e. The number of hydrogen-bond acceptors (Lipinski definition) is 4. The number of methoxy groups -OCH3 is 1. The van der Waals surface area contributed by atoms with Gasteiger partial charge in [-0.2, -0.15) is 0 Å². The number of benzene rings is 3. The van der Waals surface area contributed by atoms with E-state index in [2.05, 4.69) is 5.32 Å². The van der Waals surface area contributed by atoms with Gasteiger partial charge in [0.05, 0.1) is 18.4 Å². The van der Waals surface area contributed by atoms with Crippen molar-refractivity contribution >= 4 is 23.4 Å². The first kappa shape index (κ1) is 20.8. The maximum absolute atomic E-state index is 13.4. The number of amides is 3. The molecule has 0 spiro atoms. The van der Waals surface area contributed by atoms with E-state index in [1.54, 1.807) is 41.2 Å². The predicted octanol–water partition coefficient (Wildman–Crippen LogP) is 3.52. The van der Waals surface area contributed by atoms with Crippen LogP contribution in [0, 0.1) is 0 Å². The van der Waals surface area contributed by atoms with Crippen LogP contribution in [0.2, 0.25) is 0 Å². The SMILES string of the molecule is COc1ccc(CNC(=O)CCN2C(=O)c3ccccc3N3C(=O)c4ccccc4[C@@H]23)cc1. The third-order valence-electron chi connectivity index (χ3n) is 6.11. The molecule has 0 saturated heterocycles. The van der Waals surface area contributed by atoms with Gasteiger partial charge in [0.2, 0.25) is 5.91 Å². The van der Waals surface area contributed by atoms with E-state index in [1.807, 2.05) is 48.5 Å². The van der Waals surface area contributed by atoms with E-state index < -0.39 is 6.17 Å². The molecule has 0 fully saturated rings. The number of nitrogens with zero attached hydrogens (tertiary/aromatic N) is 2. The molecule has 33 heavy (non-hydrogen) atoms. The van der Waals surface area contributed by atoms with Gasteiger partial charge in [0.1, 0.15) is 11.9 Å². The van der Waals surface area contributed by atoms with Gasteiger partial charge in [-0.05, 0) is 35.9 Å². The first-order chi connectivity index (χ1) is 16.1. The third kappa shape index (κ3) is 3.61. The Morgan fingerprint density at radius 2 is 1.61 bits per heavy atom. The van der Waals surface area contributed by atoms with Crippen LogP contribution in [0.4, 0.5) is 5.69 Å². The molecular weight excluding hydrogens is 418 g/mol. The van der Waals surface area contributed by atoms with Gasteiger partial charge < -0.3 is 15.0 Å². The van der Waals surface area contributed by atoms with Crippen LogP contribution in [0.25, 0.3) is 0 Å². The predicted molar refractivity (Wildman–Crippen MR) is 123 cm³/mol. The first-order valence-corrected chi connectivity index (χ1v) is 10.8. The summed E-state index contributed by atoms with van der Waals surface area (Å²) in [4.78, 5) is 42.4. The molecular formula is C26H23N3O4. The minimum atomic E-state index is -0.550. The lowest BCUT2D eigenvalue weighted by Gasteiger charge is -2.40. The highest BCUT2D eigenvalue weighted by atomic mass is 16.5. The van der Waals surface area contributed by atoms with Crippen LogP contribution in [-0.4, -0.2) is 36.3 Å². The lowest BCUT2D eigenvalue weighted by Crippen LogP contribution is -2.49. The summed E-state index contributed by atoms with van der Waals surface area (Å²) in [6.45, 7) is 0.584. The fourth-order valence-corrected chi connectivity index (χ4v) is 4.45. The van der Waals surface area contributed by atoms with Gasteiger partial charge in [-0.15, -0.1) is 0 Å². The number of rotatable bonds is 6. The Morgan fingerprint density at radius 3 is 2.36 bits per heavy atom. The normalized spacial score (nSPS) is 16.2. The standard InChI is InChI=1S/C26H23N3O4/c1-33-18-12-10-17(11-13-18)16-27-23(30)14-15-28-24-19-6-2-3-7-20(19)26(32)29(24)22-9-5-4-8-21(22)25(28)31/h2-13,24H,14-16H2,1H3,(H,27,30)/t24-/m0/s1. The van der Waals surface area contributed by atoms with E-state index in [0.717, 1.165) is 16.9 Å². The van der Waals surface area contributed by atoms with Crippen LogP contribution >= 0.6 is 0 Å². The molecule has 3 aromatic rings. The second-order valence-electron chi connectivity index (χ2n) is 8.03. The highest BCUT2D eigenvalue weighted by molar-refractivity contribution is 6.16. The largest absolute Gasteiger partial charge is 0.497 e. The third-order valence-corrected chi connectivity index (χ3v) is 6.11. The molecule has 5 rings (SSSR count). The fourth-order valence-electron chi connectivity index (χ4n) is 4.45. The van der Waals surface area contributed by atoms with Gasteiger partial charge in [-0.25, -0.2) is 0 Å². The number of hydrogen-bond donors (Lipinski definition) is 1. The Bertz CT molecular complexity index is 1240. The Balaban J connectivity index is 1.34. The molecule has 7 nitrogen and oxygen atoms in total. The number of carbonyl (C=O) groups is 3. The van der Waals surface area contributed by atoms with Crippen LogP contribution in [0.1, 0.15) is 44.4 Å². The molecule has 0 unspecified atom stereocenters. The van der Waals surface area contributed by atoms with E-state index in [1.165, 1.54) is 0 Å². The average molecular weight is 441 g/mol. The summed E-state index contributed by atoms with van der Waals surface area (Å²) in [6, 6.07) is 21.9. The first-order valence-electron chi connectivity index (χ1n) is 10.8. The molecule has 1 atom stereocenters. The second-order valence-corrected chi connectivity index (χ2v) is 8.03. The highest BCUT2D eigenvalue weighted by Crippen LogP contribution is 2.45. The van der Waals surface area contributed by atoms with Crippen molar-refractivity contribution in [2.45, 2.75) is 19.1 Å². The van der Waals surface area contributed by atoms with Crippen molar-refractivity contribution in [1.29, 1.82) is 0 Å². The topological polar surface area (TPSA) is 79.0 Å². The Labute approximate surface area is 191 Å². The smallest absolute Gasteiger partial charge is 0.260 e. The summed E-state index contributed by atoms with van der Waals surface area (Å²) in [5.41, 5.74) is 3.39. The second kappa shape index (κ2) is 8.43. The maximum Gasteiger partial charge on any atom is 0.260 e. The van der Waals surface area contributed by atoms with E-state index in [9.17, 15) is 14.4 Å². The molecule has 166 valence electrons. The van der Waals surface area contributed by atoms with Crippen molar-refractivity contribution in [3.63, 3.8) is 0 Å². The van der Waals surface area contributed by atoms with Gasteiger partial charge >= 0.3 is 0 Å². The fraction of sp³-hybridized carbons (Fsp3) is 0.192. The Morgan fingerprint density at radius 1 is 0.909 bits per heavy atom. The molecule has 2 aliphatic rings. The molecule has 3 aromatic carbocycles. The van der Waals surface area contributed by atoms with Crippen molar-refractivity contribution in [1.82, 2.24) is 10.2 Å². The molecule has 7 heteroatoms. The lowest BCUT2D eigenvalue weighted by molar-refractivity contribution is -0.121. The molecule has 1 N–H and O–H groups in total. The van der Waals surface area contributed by atoms with Gasteiger partial charge in [-0.3, -0.25) is 19.3 Å². The van der Waals surface area contributed by atoms with Crippen LogP contribution < -0.4 is 15.0 Å². The number of ether oxygens (including phenoxy) is 1. The molecule has 0 aliphatic carbocycles. The van der Waals surface area contributed by atoms with E-state index in [4.69, 9.17) is 4.74 Å². The zero-order valence-electron chi connectivity index (χ0n) is 18.2. The molecule has 0 radical (unpaired) electrons. The average Bonchev–Trinajstić information content (AvgIpc) is 3.15. The summed E-state index contributed by atoms with van der Waals surface area (Å²) >= 11 is 0. The van der Waals surface area contributed by atoms with E-state index in [-0.39, 0.29) is 30.7 Å². The maximum atomic E-state index is 13.4. The van der Waals surface area contributed by atoms with Crippen LogP contribution in [0.5, 0.6) is 5.75 Å². The van der Waals surface area contributed by atoms with Gasteiger partial charge in [-0.1, -0.05) is 42.5 Å². The van der Waals surface area contributed by atoms with Gasteiger partial charge in [0.25, 0.3) is 11.8 Å². The summed E-state index contributed by atoms with van der Waals surface area (Å²) < 4.78 is 5.15. The number of fused-ring (bicyclic) bond motifs is 5. The molecule has 3 amide bonds. The Hall–Kier alpha value is -4.13. The summed E-state index contributed by atoms with van der Waals surface area (Å²) in [7, 11) is 1.61. The van der Waals surface area contributed by atoms with Crippen molar-refractivity contribution in [2.75, 3.05) is 18.6 Å². The van der Waals surface area contributed by atoms with Crippen molar-refractivity contribution in [3.05, 3.63) is 95.1 Å². The number of anilines is 1. The highest BCUT2D eigenvalue weighted by Gasteiger charge is 2.47. The van der Waals surface area contributed by atoms with Gasteiger partial charge in [0.15, 0.2) is 0 Å². The number of nitrogens with one attached hydrogen (secondary N) is 1. The van der Waals surface area contributed by atoms with Gasteiger partial charge in [0, 0.05) is 30.6 Å². The zero-order chi connectivity index (χ0) is 22.9. The van der Waals surface area contributed by atoms with Crippen LogP contribution in [-0.2, 0) is 11.3 Å². The van der Waals surface area contributed by atoms with Crippen LogP contribution in [0.3, 0.4) is 0 Å². The monoisotopic (exact) mass is 441 g/mol.